The summed E-state index contributed by atoms with van der Waals surface area (Å²) in [5.41, 5.74) is 0.521. The van der Waals surface area contributed by atoms with E-state index in [0.717, 1.165) is 30.6 Å². The average molecular weight is 279 g/mol. The molecule has 2 rings (SSSR count). The molecule has 0 bridgehead atoms. The number of carbonyl (C=O) groups is 1. The van der Waals surface area contributed by atoms with Gasteiger partial charge in [-0.1, -0.05) is 13.0 Å². The monoisotopic (exact) mass is 279 g/mol. The van der Waals surface area contributed by atoms with Crippen LogP contribution in [0.3, 0.4) is 0 Å². The molecule has 1 aromatic heterocycles. The minimum absolute atomic E-state index is 0.116. The third-order valence-corrected chi connectivity index (χ3v) is 4.26. The van der Waals surface area contributed by atoms with Gasteiger partial charge in [-0.3, -0.25) is 9.69 Å². The summed E-state index contributed by atoms with van der Waals surface area (Å²) in [5.74, 6) is 0.724. The van der Waals surface area contributed by atoms with Crippen LogP contribution in [0.2, 0.25) is 0 Å². The molecule has 0 atom stereocenters. The van der Waals surface area contributed by atoms with Crippen molar-refractivity contribution in [1.29, 1.82) is 0 Å². The van der Waals surface area contributed by atoms with Gasteiger partial charge in [0.1, 0.15) is 10.7 Å². The van der Waals surface area contributed by atoms with E-state index in [1.807, 2.05) is 5.38 Å². The number of nitrogens with one attached hydrogen (secondary N) is 1. The number of aromatic nitrogens is 1. The number of hydrogen-bond donors (Lipinski definition) is 1. The topological polar surface area (TPSA) is 45.2 Å². The van der Waals surface area contributed by atoms with E-state index < -0.39 is 0 Å². The van der Waals surface area contributed by atoms with Gasteiger partial charge in [0.25, 0.3) is 5.91 Å². The minimum Gasteiger partial charge on any atom is -0.347 e. The second kappa shape index (κ2) is 6.82. The predicted molar refractivity (Wildman–Crippen MR) is 78.3 cm³/mol. The summed E-state index contributed by atoms with van der Waals surface area (Å²) in [6.45, 7) is 9.51. The van der Waals surface area contributed by atoms with E-state index >= 15 is 0 Å². The largest absolute Gasteiger partial charge is 0.347 e. The van der Waals surface area contributed by atoms with E-state index in [0.29, 0.717) is 12.2 Å². The predicted octanol–water partition coefficient (Wildman–Crippen LogP) is 2.29. The molecule has 1 fully saturated rings. The fraction of sp³-hybridized carbons (Fsp3) is 0.571. The lowest BCUT2D eigenvalue weighted by atomic mass is 9.99. The summed E-state index contributed by atoms with van der Waals surface area (Å²) in [7, 11) is 0. The summed E-state index contributed by atoms with van der Waals surface area (Å²) in [4.78, 5) is 18.6. The molecule has 1 amide bonds. The lowest BCUT2D eigenvalue weighted by Crippen LogP contribution is -2.32. The maximum absolute atomic E-state index is 11.7. The lowest BCUT2D eigenvalue weighted by molar-refractivity contribution is 0.0953. The number of likely N-dealkylation sites (tertiary alicyclic amines) is 1. The molecule has 4 nitrogen and oxygen atoms in total. The molecule has 1 aromatic rings. The molecule has 1 saturated heterocycles. The Morgan fingerprint density at radius 1 is 1.63 bits per heavy atom. The van der Waals surface area contributed by atoms with Crippen LogP contribution >= 0.6 is 11.3 Å². The molecule has 0 aliphatic carbocycles. The molecule has 1 N–H and O–H groups in total. The molecule has 2 heterocycles. The van der Waals surface area contributed by atoms with Crippen LogP contribution < -0.4 is 5.32 Å². The maximum Gasteiger partial charge on any atom is 0.271 e. The Hall–Kier alpha value is -1.20. The standard InChI is InChI=1S/C14H21N3OS/c1-3-6-15-14(18)12-10-19-13(16-12)9-17-7-4-11(2)5-8-17/h3,10-11H,1,4-9H2,2H3,(H,15,18). The molecule has 0 aromatic carbocycles. The molecule has 0 unspecified atom stereocenters. The first kappa shape index (κ1) is 14.2. The molecule has 19 heavy (non-hydrogen) atoms. The molecular weight excluding hydrogens is 258 g/mol. The van der Waals surface area contributed by atoms with Crippen molar-refractivity contribution in [2.45, 2.75) is 26.3 Å². The highest BCUT2D eigenvalue weighted by molar-refractivity contribution is 7.09. The van der Waals surface area contributed by atoms with Gasteiger partial charge in [0.05, 0.1) is 6.54 Å². The quantitative estimate of drug-likeness (QED) is 0.841. The average Bonchev–Trinajstić information content (AvgIpc) is 2.87. The zero-order chi connectivity index (χ0) is 13.7. The van der Waals surface area contributed by atoms with Crippen molar-refractivity contribution in [2.75, 3.05) is 19.6 Å². The first-order chi connectivity index (χ1) is 9.19. The minimum atomic E-state index is -0.116. The summed E-state index contributed by atoms with van der Waals surface area (Å²) in [5, 5.41) is 5.60. The Kier molecular flexibility index (Phi) is 5.10. The summed E-state index contributed by atoms with van der Waals surface area (Å²) in [6.07, 6.45) is 4.19. The Morgan fingerprint density at radius 2 is 2.37 bits per heavy atom. The van der Waals surface area contributed by atoms with Crippen LogP contribution in [0, 0.1) is 5.92 Å². The summed E-state index contributed by atoms with van der Waals surface area (Å²) < 4.78 is 0. The Morgan fingerprint density at radius 3 is 3.05 bits per heavy atom. The highest BCUT2D eigenvalue weighted by Gasteiger charge is 2.17. The molecule has 1 aliphatic heterocycles. The van der Waals surface area contributed by atoms with Crippen LogP contribution in [0.15, 0.2) is 18.0 Å². The van der Waals surface area contributed by atoms with E-state index in [1.165, 1.54) is 12.8 Å². The number of carbonyl (C=O) groups excluding carboxylic acids is 1. The molecule has 104 valence electrons. The van der Waals surface area contributed by atoms with Crippen molar-refractivity contribution in [1.82, 2.24) is 15.2 Å². The molecule has 0 spiro atoms. The van der Waals surface area contributed by atoms with Crippen LogP contribution in [0.5, 0.6) is 0 Å². The third kappa shape index (κ3) is 4.14. The Balaban J connectivity index is 1.86. The van der Waals surface area contributed by atoms with Crippen molar-refractivity contribution in [3.63, 3.8) is 0 Å². The number of piperidine rings is 1. The number of amides is 1. The van der Waals surface area contributed by atoms with Crippen molar-refractivity contribution < 1.29 is 4.79 Å². The van der Waals surface area contributed by atoms with Gasteiger partial charge in [0.15, 0.2) is 0 Å². The normalized spacial score (nSPS) is 17.3. The van der Waals surface area contributed by atoms with E-state index in [4.69, 9.17) is 0 Å². The molecule has 1 aliphatic rings. The van der Waals surface area contributed by atoms with Gasteiger partial charge in [-0.25, -0.2) is 4.98 Å². The molecule has 0 saturated carbocycles. The van der Waals surface area contributed by atoms with Crippen LogP contribution in [0.4, 0.5) is 0 Å². The van der Waals surface area contributed by atoms with Gasteiger partial charge in [-0.15, -0.1) is 17.9 Å². The Bertz CT molecular complexity index is 436. The smallest absolute Gasteiger partial charge is 0.271 e. The SMILES string of the molecule is C=CCNC(=O)c1csc(CN2CCC(C)CC2)n1. The lowest BCUT2D eigenvalue weighted by Gasteiger charge is -2.29. The van der Waals surface area contributed by atoms with Crippen LogP contribution in [-0.2, 0) is 6.54 Å². The highest BCUT2D eigenvalue weighted by Crippen LogP contribution is 2.19. The van der Waals surface area contributed by atoms with Crippen molar-refractivity contribution >= 4 is 17.2 Å². The first-order valence-corrected chi connectivity index (χ1v) is 7.63. The first-order valence-electron chi connectivity index (χ1n) is 6.75. The second-order valence-corrected chi connectivity index (χ2v) is 6.03. The Labute approximate surface area is 118 Å². The molecular formula is C14H21N3OS. The fourth-order valence-electron chi connectivity index (χ4n) is 2.15. The van der Waals surface area contributed by atoms with E-state index in [2.05, 4.69) is 28.7 Å². The maximum atomic E-state index is 11.7. The van der Waals surface area contributed by atoms with Gasteiger partial charge in [-0.2, -0.15) is 0 Å². The van der Waals surface area contributed by atoms with Gasteiger partial charge >= 0.3 is 0 Å². The van der Waals surface area contributed by atoms with Crippen molar-refractivity contribution in [3.8, 4) is 0 Å². The summed E-state index contributed by atoms with van der Waals surface area (Å²) in [6, 6.07) is 0. The number of thiazole rings is 1. The fourth-order valence-corrected chi connectivity index (χ4v) is 2.97. The van der Waals surface area contributed by atoms with E-state index in [-0.39, 0.29) is 5.91 Å². The van der Waals surface area contributed by atoms with Crippen LogP contribution in [0.1, 0.15) is 35.3 Å². The zero-order valence-electron chi connectivity index (χ0n) is 11.4. The van der Waals surface area contributed by atoms with Crippen LogP contribution in [-0.4, -0.2) is 35.4 Å². The van der Waals surface area contributed by atoms with Gasteiger partial charge in [0.2, 0.25) is 0 Å². The highest BCUT2D eigenvalue weighted by atomic mass is 32.1. The summed E-state index contributed by atoms with van der Waals surface area (Å²) >= 11 is 1.57. The van der Waals surface area contributed by atoms with E-state index in [9.17, 15) is 4.79 Å². The molecule has 0 radical (unpaired) electrons. The zero-order valence-corrected chi connectivity index (χ0v) is 12.2. The van der Waals surface area contributed by atoms with Crippen molar-refractivity contribution in [2.24, 2.45) is 5.92 Å². The molecule has 5 heteroatoms. The van der Waals surface area contributed by atoms with Crippen LogP contribution in [0.25, 0.3) is 0 Å². The van der Waals surface area contributed by atoms with Gasteiger partial charge in [-0.05, 0) is 31.8 Å². The number of hydrogen-bond acceptors (Lipinski definition) is 4. The second-order valence-electron chi connectivity index (χ2n) is 5.08. The van der Waals surface area contributed by atoms with Gasteiger partial charge < -0.3 is 5.32 Å². The van der Waals surface area contributed by atoms with E-state index in [1.54, 1.807) is 17.4 Å². The third-order valence-electron chi connectivity index (χ3n) is 3.43. The number of nitrogens with zero attached hydrogens (tertiary/aromatic N) is 2. The van der Waals surface area contributed by atoms with Crippen molar-refractivity contribution in [3.05, 3.63) is 28.7 Å². The van der Waals surface area contributed by atoms with Gasteiger partial charge in [0, 0.05) is 11.9 Å². The number of rotatable bonds is 5.